The average molecular weight is 532 g/mol. The summed E-state index contributed by atoms with van der Waals surface area (Å²) in [5.74, 6) is 0.0620. The molecular formula is C28H26ClN5O4. The molecule has 0 aliphatic heterocycles. The maximum absolute atomic E-state index is 12.9. The molecule has 0 aliphatic rings. The zero-order valence-electron chi connectivity index (χ0n) is 20.3. The number of benzene rings is 3. The van der Waals surface area contributed by atoms with Gasteiger partial charge in [-0.3, -0.25) is 4.79 Å². The molecule has 0 aliphatic carbocycles. The van der Waals surface area contributed by atoms with Crippen molar-refractivity contribution in [2.75, 3.05) is 0 Å². The van der Waals surface area contributed by atoms with Gasteiger partial charge < -0.3 is 19.8 Å². The monoisotopic (exact) mass is 531 g/mol. The van der Waals surface area contributed by atoms with Crippen molar-refractivity contribution < 1.29 is 19.1 Å². The standard InChI is InChI=1S/C28H26ClN5O4/c29-23-11-6-9-21(13-23)18-37-26-12-5-4-10-22(26)15-32-34-27(35)25(14-24-16-30-19-31-24)33-28(36)38-17-20-7-2-1-3-8-20/h1-13,15-16,19,25H,14,17-18H2,(H,30,31)(H,33,36)(H,34,35)/b32-15-/t25-/m0/s1. The lowest BCUT2D eigenvalue weighted by Gasteiger charge is -2.16. The van der Waals surface area contributed by atoms with Crippen LogP contribution in [0, 0.1) is 0 Å². The first-order chi connectivity index (χ1) is 18.6. The van der Waals surface area contributed by atoms with Crippen LogP contribution in [-0.2, 0) is 29.2 Å². The number of H-pyrrole nitrogens is 1. The molecule has 1 atom stereocenters. The minimum atomic E-state index is -0.954. The zero-order chi connectivity index (χ0) is 26.6. The highest BCUT2D eigenvalue weighted by Crippen LogP contribution is 2.19. The topological polar surface area (TPSA) is 118 Å². The number of aromatic nitrogens is 2. The summed E-state index contributed by atoms with van der Waals surface area (Å²) < 4.78 is 11.2. The van der Waals surface area contributed by atoms with Gasteiger partial charge in [-0.05, 0) is 35.4 Å². The first kappa shape index (κ1) is 26.4. The highest BCUT2D eigenvalue weighted by atomic mass is 35.5. The van der Waals surface area contributed by atoms with E-state index in [1.165, 1.54) is 12.5 Å². The molecule has 38 heavy (non-hydrogen) atoms. The molecule has 0 fully saturated rings. The van der Waals surface area contributed by atoms with Crippen LogP contribution in [-0.4, -0.2) is 34.2 Å². The Morgan fingerprint density at radius 1 is 1.00 bits per heavy atom. The number of ether oxygens (including phenoxy) is 2. The first-order valence-electron chi connectivity index (χ1n) is 11.8. The van der Waals surface area contributed by atoms with E-state index in [1.807, 2.05) is 66.7 Å². The molecule has 194 valence electrons. The van der Waals surface area contributed by atoms with Crippen LogP contribution in [0.2, 0.25) is 5.02 Å². The van der Waals surface area contributed by atoms with Gasteiger partial charge in [-0.2, -0.15) is 5.10 Å². The molecule has 0 spiro atoms. The molecular weight excluding hydrogens is 506 g/mol. The molecule has 0 saturated heterocycles. The number of carbonyl (C=O) groups is 2. The Balaban J connectivity index is 1.36. The second-order valence-corrected chi connectivity index (χ2v) is 8.67. The predicted molar refractivity (Wildman–Crippen MR) is 144 cm³/mol. The summed E-state index contributed by atoms with van der Waals surface area (Å²) >= 11 is 6.05. The number of aromatic amines is 1. The van der Waals surface area contributed by atoms with Crippen molar-refractivity contribution in [1.82, 2.24) is 20.7 Å². The van der Waals surface area contributed by atoms with Gasteiger partial charge in [-0.15, -0.1) is 0 Å². The predicted octanol–water partition coefficient (Wildman–Crippen LogP) is 4.63. The molecule has 9 nitrogen and oxygen atoms in total. The molecule has 3 N–H and O–H groups in total. The van der Waals surface area contributed by atoms with E-state index in [9.17, 15) is 9.59 Å². The quantitative estimate of drug-likeness (QED) is 0.193. The van der Waals surface area contributed by atoms with Crippen molar-refractivity contribution in [3.8, 4) is 5.75 Å². The fraction of sp³-hybridized carbons (Fsp3) is 0.143. The summed E-state index contributed by atoms with van der Waals surface area (Å²) in [5, 5.41) is 7.31. The van der Waals surface area contributed by atoms with Gasteiger partial charge >= 0.3 is 6.09 Å². The summed E-state index contributed by atoms with van der Waals surface area (Å²) in [6.07, 6.45) is 4.00. The number of para-hydroxylation sites is 1. The Morgan fingerprint density at radius 2 is 1.79 bits per heavy atom. The lowest BCUT2D eigenvalue weighted by atomic mass is 10.1. The molecule has 4 aromatic rings. The van der Waals surface area contributed by atoms with Crippen LogP contribution in [0.4, 0.5) is 4.79 Å². The highest BCUT2D eigenvalue weighted by molar-refractivity contribution is 6.30. The molecule has 3 aromatic carbocycles. The fourth-order valence-corrected chi connectivity index (χ4v) is 3.70. The Hall–Kier alpha value is -4.63. The first-order valence-corrected chi connectivity index (χ1v) is 12.2. The van der Waals surface area contributed by atoms with Gasteiger partial charge in [0.2, 0.25) is 0 Å². The number of alkyl carbamates (subject to hydrolysis) is 1. The number of rotatable bonds is 11. The van der Waals surface area contributed by atoms with Crippen molar-refractivity contribution in [3.05, 3.63) is 119 Å². The van der Waals surface area contributed by atoms with Crippen molar-refractivity contribution in [2.24, 2.45) is 5.10 Å². The van der Waals surface area contributed by atoms with Gasteiger partial charge in [-0.25, -0.2) is 15.2 Å². The molecule has 0 radical (unpaired) electrons. The molecule has 1 aromatic heterocycles. The third-order valence-electron chi connectivity index (χ3n) is 5.38. The lowest BCUT2D eigenvalue weighted by Crippen LogP contribution is -2.47. The molecule has 1 heterocycles. The summed E-state index contributed by atoms with van der Waals surface area (Å²) in [6.45, 7) is 0.397. The number of nitrogens with zero attached hydrogens (tertiary/aromatic N) is 2. The van der Waals surface area contributed by atoms with Crippen LogP contribution < -0.4 is 15.5 Å². The molecule has 0 bridgehead atoms. The number of carbonyl (C=O) groups excluding carboxylic acids is 2. The van der Waals surface area contributed by atoms with E-state index in [2.05, 4.69) is 25.8 Å². The van der Waals surface area contributed by atoms with E-state index < -0.39 is 18.0 Å². The number of nitrogens with one attached hydrogen (secondary N) is 3. The number of hydrogen-bond donors (Lipinski definition) is 3. The van der Waals surface area contributed by atoms with Crippen LogP contribution >= 0.6 is 11.6 Å². The summed E-state index contributed by atoms with van der Waals surface area (Å²) in [4.78, 5) is 32.2. The smallest absolute Gasteiger partial charge is 0.408 e. The SMILES string of the molecule is O=C(N[C@@H](Cc1cnc[nH]1)C(=O)N/N=C\c1ccccc1OCc1cccc(Cl)c1)OCc1ccccc1. The van der Waals surface area contributed by atoms with E-state index in [-0.39, 0.29) is 13.0 Å². The van der Waals surface area contributed by atoms with Gasteiger partial charge in [0.25, 0.3) is 5.91 Å². The van der Waals surface area contributed by atoms with Crippen LogP contribution in [0.25, 0.3) is 0 Å². The van der Waals surface area contributed by atoms with Crippen LogP contribution in [0.1, 0.15) is 22.4 Å². The highest BCUT2D eigenvalue weighted by Gasteiger charge is 2.22. The molecule has 4 rings (SSSR count). The minimum Gasteiger partial charge on any atom is -0.488 e. The fourth-order valence-electron chi connectivity index (χ4n) is 3.48. The Morgan fingerprint density at radius 3 is 2.58 bits per heavy atom. The summed E-state index contributed by atoms with van der Waals surface area (Å²) in [6, 6.07) is 23.0. The minimum absolute atomic E-state index is 0.0786. The van der Waals surface area contributed by atoms with Crippen molar-refractivity contribution in [2.45, 2.75) is 25.7 Å². The van der Waals surface area contributed by atoms with Gasteiger partial charge in [0.1, 0.15) is 25.0 Å². The maximum Gasteiger partial charge on any atom is 0.408 e. The number of hydrazone groups is 1. The molecule has 0 saturated carbocycles. The molecule has 0 unspecified atom stereocenters. The van der Waals surface area contributed by atoms with Crippen LogP contribution in [0.5, 0.6) is 5.75 Å². The summed E-state index contributed by atoms with van der Waals surface area (Å²) in [7, 11) is 0. The largest absolute Gasteiger partial charge is 0.488 e. The van der Waals surface area contributed by atoms with Gasteiger partial charge in [0, 0.05) is 28.9 Å². The van der Waals surface area contributed by atoms with Gasteiger partial charge in [0.05, 0.1) is 12.5 Å². The van der Waals surface area contributed by atoms with Crippen molar-refractivity contribution >= 4 is 29.8 Å². The van der Waals surface area contributed by atoms with Gasteiger partial charge in [-0.1, -0.05) is 66.2 Å². The van der Waals surface area contributed by atoms with Crippen molar-refractivity contribution in [1.29, 1.82) is 0 Å². The zero-order valence-corrected chi connectivity index (χ0v) is 21.1. The molecule has 2 amide bonds. The second-order valence-electron chi connectivity index (χ2n) is 8.23. The number of imidazole rings is 1. The number of amides is 2. The van der Waals surface area contributed by atoms with E-state index >= 15 is 0 Å². The Bertz CT molecular complexity index is 1360. The summed E-state index contributed by atoms with van der Waals surface area (Å²) in [5.41, 5.74) is 5.56. The van der Waals surface area contributed by atoms with E-state index in [4.69, 9.17) is 21.1 Å². The van der Waals surface area contributed by atoms with Crippen LogP contribution in [0.15, 0.2) is 96.5 Å². The van der Waals surface area contributed by atoms with Crippen LogP contribution in [0.3, 0.4) is 0 Å². The number of hydrogen-bond acceptors (Lipinski definition) is 6. The van der Waals surface area contributed by atoms with E-state index in [1.54, 1.807) is 18.3 Å². The average Bonchev–Trinajstić information content (AvgIpc) is 3.45. The third-order valence-corrected chi connectivity index (χ3v) is 5.62. The van der Waals surface area contributed by atoms with E-state index in [0.29, 0.717) is 28.6 Å². The van der Waals surface area contributed by atoms with Crippen molar-refractivity contribution in [3.63, 3.8) is 0 Å². The Kier molecular flexibility index (Phi) is 9.47. The van der Waals surface area contributed by atoms with E-state index in [0.717, 1.165) is 11.1 Å². The maximum atomic E-state index is 12.9. The second kappa shape index (κ2) is 13.6. The normalized spacial score (nSPS) is 11.6. The lowest BCUT2D eigenvalue weighted by molar-refractivity contribution is -0.123. The van der Waals surface area contributed by atoms with Gasteiger partial charge in [0.15, 0.2) is 0 Å². The number of halogens is 1. The Labute approximate surface area is 224 Å². The molecule has 10 heteroatoms. The third kappa shape index (κ3) is 8.21.